The fourth-order valence-electron chi connectivity index (χ4n) is 8.08. The Bertz CT molecular complexity index is 1520. The zero-order chi connectivity index (χ0) is 28.2. The van der Waals surface area contributed by atoms with E-state index in [4.69, 9.17) is 19.4 Å². The smallest absolute Gasteiger partial charge is 0.317 e. The van der Waals surface area contributed by atoms with E-state index in [9.17, 15) is 5.26 Å². The second-order valence-electron chi connectivity index (χ2n) is 12.3. The van der Waals surface area contributed by atoms with Gasteiger partial charge in [-0.25, -0.2) is 9.98 Å². The third-order valence-corrected chi connectivity index (χ3v) is 11.0. The van der Waals surface area contributed by atoms with Gasteiger partial charge < -0.3 is 14.2 Å². The maximum Gasteiger partial charge on any atom is 0.317 e. The zero-order valence-electron chi connectivity index (χ0n) is 24.1. The van der Waals surface area contributed by atoms with E-state index in [2.05, 4.69) is 27.9 Å². The van der Waals surface area contributed by atoms with Crippen LogP contribution in [0.15, 0.2) is 21.8 Å². The van der Waals surface area contributed by atoms with E-state index in [1.54, 1.807) is 23.9 Å². The van der Waals surface area contributed by atoms with Gasteiger partial charge in [0.2, 0.25) is 0 Å². The molecule has 2 saturated heterocycles. The largest absolute Gasteiger partial charge is 0.458 e. The molecule has 214 valence electrons. The van der Waals surface area contributed by atoms with Gasteiger partial charge >= 0.3 is 6.01 Å². The fraction of sp³-hybridized carbons (Fsp3) is 0.581. The van der Waals surface area contributed by atoms with Crippen LogP contribution in [-0.2, 0) is 18.3 Å². The van der Waals surface area contributed by atoms with Gasteiger partial charge in [0.1, 0.15) is 22.9 Å². The van der Waals surface area contributed by atoms with E-state index in [1.165, 1.54) is 30.6 Å². The van der Waals surface area contributed by atoms with Gasteiger partial charge in [-0.15, -0.1) is 11.3 Å². The predicted octanol–water partition coefficient (Wildman–Crippen LogP) is 5.64. The summed E-state index contributed by atoms with van der Waals surface area (Å²) in [6.07, 6.45) is 14.1. The average Bonchev–Trinajstić information content (AvgIpc) is 3.74. The van der Waals surface area contributed by atoms with Gasteiger partial charge in [-0.2, -0.15) is 10.2 Å². The Labute approximate surface area is 245 Å². The van der Waals surface area contributed by atoms with E-state index in [1.807, 2.05) is 25.1 Å². The van der Waals surface area contributed by atoms with Crippen molar-refractivity contribution in [1.29, 1.82) is 5.26 Å². The summed E-state index contributed by atoms with van der Waals surface area (Å²) in [6, 6.07) is 4.80. The highest BCUT2D eigenvalue weighted by atomic mass is 32.1. The lowest BCUT2D eigenvalue weighted by Crippen LogP contribution is -2.50. The molecule has 2 aliphatic carbocycles. The minimum atomic E-state index is -0.329. The van der Waals surface area contributed by atoms with Gasteiger partial charge in [0.25, 0.3) is 0 Å². The summed E-state index contributed by atoms with van der Waals surface area (Å²) < 4.78 is 12.6. The molecule has 1 unspecified atom stereocenters. The molecule has 1 spiro atoms. The van der Waals surface area contributed by atoms with Gasteiger partial charge in [0, 0.05) is 36.1 Å². The summed E-state index contributed by atoms with van der Waals surface area (Å²) in [6.45, 7) is 4.48. The highest BCUT2D eigenvalue weighted by Crippen LogP contribution is 2.55. The average molecular weight is 572 g/mol. The SMILES string of the molecule is CC(Oc1nccc(-c2onc3c2CCC[C@@]32CCCc3sc(N=CN(C)C)c(C#N)c32)n1)C12CCCN1CCC2. The van der Waals surface area contributed by atoms with Crippen molar-refractivity contribution in [2.75, 3.05) is 27.2 Å². The third kappa shape index (κ3) is 4.19. The molecule has 5 heterocycles. The van der Waals surface area contributed by atoms with E-state index in [-0.39, 0.29) is 17.1 Å². The number of rotatable bonds is 6. The van der Waals surface area contributed by atoms with Crippen molar-refractivity contribution in [2.45, 2.75) is 88.2 Å². The van der Waals surface area contributed by atoms with Gasteiger partial charge in [-0.05, 0) is 95.9 Å². The monoisotopic (exact) mass is 571 g/mol. The van der Waals surface area contributed by atoms with Crippen LogP contribution in [0.5, 0.6) is 6.01 Å². The molecular formula is C31H37N7O2S. The molecule has 0 N–H and O–H groups in total. The first kappa shape index (κ1) is 26.6. The number of nitriles is 1. The lowest BCUT2D eigenvalue weighted by Gasteiger charge is -2.39. The number of aryl methyl sites for hydroxylation is 1. The molecule has 7 rings (SSSR count). The van der Waals surface area contributed by atoms with Gasteiger partial charge in [0.15, 0.2) is 5.76 Å². The van der Waals surface area contributed by atoms with Crippen molar-refractivity contribution in [3.63, 3.8) is 0 Å². The highest BCUT2D eigenvalue weighted by Gasteiger charge is 2.50. The summed E-state index contributed by atoms with van der Waals surface area (Å²) in [5.41, 5.74) is 4.37. The summed E-state index contributed by atoms with van der Waals surface area (Å²) in [7, 11) is 3.88. The Kier molecular flexibility index (Phi) is 6.62. The molecule has 0 amide bonds. The van der Waals surface area contributed by atoms with Crippen LogP contribution in [0.2, 0.25) is 0 Å². The number of fused-ring (bicyclic) bond motifs is 5. The van der Waals surface area contributed by atoms with Crippen LogP contribution in [-0.4, -0.2) is 70.1 Å². The molecule has 3 aromatic rings. The molecule has 2 aliphatic heterocycles. The van der Waals surface area contributed by atoms with Crippen LogP contribution in [0.4, 0.5) is 5.00 Å². The highest BCUT2D eigenvalue weighted by molar-refractivity contribution is 7.16. The molecule has 2 atom stereocenters. The van der Waals surface area contributed by atoms with Crippen molar-refractivity contribution in [2.24, 2.45) is 4.99 Å². The molecule has 0 saturated carbocycles. The quantitative estimate of drug-likeness (QED) is 0.277. The lowest BCUT2D eigenvalue weighted by molar-refractivity contribution is 0.0405. The van der Waals surface area contributed by atoms with Crippen molar-refractivity contribution in [3.8, 4) is 23.5 Å². The van der Waals surface area contributed by atoms with Crippen molar-refractivity contribution in [1.82, 2.24) is 24.9 Å². The minimum Gasteiger partial charge on any atom is -0.458 e. The van der Waals surface area contributed by atoms with Crippen LogP contribution in [0, 0.1) is 11.3 Å². The Morgan fingerprint density at radius 3 is 2.71 bits per heavy atom. The number of nitrogens with zero attached hydrogens (tertiary/aromatic N) is 7. The molecule has 0 bridgehead atoms. The first-order valence-corrected chi connectivity index (χ1v) is 15.8. The number of aromatic nitrogens is 3. The van der Waals surface area contributed by atoms with Crippen LogP contribution in [0.3, 0.4) is 0 Å². The van der Waals surface area contributed by atoms with Crippen molar-refractivity contribution >= 4 is 22.7 Å². The third-order valence-electron chi connectivity index (χ3n) is 9.85. The molecule has 0 aromatic carbocycles. The van der Waals surface area contributed by atoms with Crippen molar-refractivity contribution < 1.29 is 9.26 Å². The number of hydrogen-bond acceptors (Lipinski definition) is 9. The standard InChI is InChI=1S/C31H37N7O2S/c1-20(31-13-6-16-38(31)17-7-14-31)39-29-33-15-10-23(35-29)26-21-8-4-11-30(27(21)36-40-26)12-5-9-24-25(30)22(18-32)28(41-24)34-19-37(2)3/h10,15,19-20H,4-9,11-14,16-17H2,1-3H3/t20?,30-/m0/s1. The van der Waals surface area contributed by atoms with E-state index in [0.717, 1.165) is 73.4 Å². The van der Waals surface area contributed by atoms with Crippen LogP contribution in [0.25, 0.3) is 11.5 Å². The topological polar surface area (TPSA) is 104 Å². The van der Waals surface area contributed by atoms with Gasteiger partial charge in [0.05, 0.1) is 23.1 Å². The Hall–Kier alpha value is -3.29. The van der Waals surface area contributed by atoms with E-state index >= 15 is 0 Å². The molecule has 41 heavy (non-hydrogen) atoms. The van der Waals surface area contributed by atoms with Crippen molar-refractivity contribution in [3.05, 3.63) is 39.5 Å². The van der Waals surface area contributed by atoms with Gasteiger partial charge in [-0.3, -0.25) is 4.90 Å². The second-order valence-corrected chi connectivity index (χ2v) is 13.4. The molecule has 9 nitrogen and oxygen atoms in total. The Balaban J connectivity index is 1.24. The molecule has 10 heteroatoms. The second kappa shape index (κ2) is 10.2. The molecule has 0 radical (unpaired) electrons. The lowest BCUT2D eigenvalue weighted by atomic mass is 9.62. The fourth-order valence-corrected chi connectivity index (χ4v) is 9.31. The first-order valence-electron chi connectivity index (χ1n) is 15.0. The van der Waals surface area contributed by atoms with E-state index < -0.39 is 0 Å². The maximum absolute atomic E-state index is 10.3. The number of aliphatic imine (C=N–C) groups is 1. The first-order chi connectivity index (χ1) is 19.9. The molecule has 3 aromatic heterocycles. The molecule has 2 fully saturated rings. The molecule has 4 aliphatic rings. The summed E-state index contributed by atoms with van der Waals surface area (Å²) >= 11 is 1.65. The Morgan fingerprint density at radius 2 is 1.95 bits per heavy atom. The zero-order valence-corrected chi connectivity index (χ0v) is 25.0. The Morgan fingerprint density at radius 1 is 1.17 bits per heavy atom. The van der Waals surface area contributed by atoms with E-state index in [0.29, 0.717) is 23.0 Å². The summed E-state index contributed by atoms with van der Waals surface area (Å²) in [5, 5.41) is 15.8. The van der Waals surface area contributed by atoms with Crippen LogP contribution in [0.1, 0.15) is 85.6 Å². The predicted molar refractivity (Wildman–Crippen MR) is 158 cm³/mol. The van der Waals surface area contributed by atoms with Crippen LogP contribution < -0.4 is 4.74 Å². The van der Waals surface area contributed by atoms with Crippen LogP contribution >= 0.6 is 11.3 Å². The van der Waals surface area contributed by atoms with Gasteiger partial charge in [-0.1, -0.05) is 5.16 Å². The normalized spacial score (nSPS) is 23.8. The maximum atomic E-state index is 10.3. The number of ether oxygens (including phenoxy) is 1. The summed E-state index contributed by atoms with van der Waals surface area (Å²) in [5.74, 6) is 0.701. The summed E-state index contributed by atoms with van der Waals surface area (Å²) in [4.78, 5) is 19.8. The number of thiophene rings is 1. The number of hydrogen-bond donors (Lipinski definition) is 0. The molecular weight excluding hydrogens is 534 g/mol. The minimum absolute atomic E-state index is 0.0164.